The normalized spacial score (nSPS) is 12.1. The zero-order valence-electron chi connectivity index (χ0n) is 22.5. The second kappa shape index (κ2) is 13.2. The van der Waals surface area contributed by atoms with Gasteiger partial charge in [-0.2, -0.15) is 0 Å². The summed E-state index contributed by atoms with van der Waals surface area (Å²) in [6.45, 7) is 7.87. The van der Waals surface area contributed by atoms with E-state index in [-0.39, 0.29) is 23.3 Å². The molecule has 3 aromatic rings. The maximum atomic E-state index is 13.8. The number of carbonyl (C=O) groups is 2. The molecule has 1 atom stereocenters. The summed E-state index contributed by atoms with van der Waals surface area (Å²) in [7, 11) is -4.05. The zero-order valence-corrected chi connectivity index (χ0v) is 23.3. The van der Waals surface area contributed by atoms with E-state index in [1.165, 1.54) is 17.0 Å². The number of hydrogen-bond acceptors (Lipinski definition) is 4. The van der Waals surface area contributed by atoms with E-state index < -0.39 is 28.5 Å². The van der Waals surface area contributed by atoms with Gasteiger partial charge in [0, 0.05) is 13.1 Å². The Morgan fingerprint density at radius 3 is 1.97 bits per heavy atom. The van der Waals surface area contributed by atoms with Crippen molar-refractivity contribution >= 4 is 27.5 Å². The molecule has 0 aliphatic heterocycles. The van der Waals surface area contributed by atoms with Crippen LogP contribution in [0, 0.1) is 0 Å². The van der Waals surface area contributed by atoms with Crippen molar-refractivity contribution in [1.29, 1.82) is 0 Å². The number of benzene rings is 3. The maximum absolute atomic E-state index is 13.8. The quantitative estimate of drug-likeness (QED) is 0.367. The van der Waals surface area contributed by atoms with Gasteiger partial charge in [0.1, 0.15) is 12.6 Å². The third-order valence-corrected chi connectivity index (χ3v) is 8.25. The SMILES string of the molecule is CCNC(=O)[C@H](C)N(CCc1ccccc1)C(=O)CN(c1ccc(C(C)C)cc1)S(=O)(=O)c1ccccc1. The van der Waals surface area contributed by atoms with Crippen molar-refractivity contribution in [2.45, 2.75) is 51.0 Å². The minimum absolute atomic E-state index is 0.0911. The van der Waals surface area contributed by atoms with Gasteiger partial charge in [-0.05, 0) is 61.6 Å². The minimum atomic E-state index is -4.05. The smallest absolute Gasteiger partial charge is 0.264 e. The van der Waals surface area contributed by atoms with Crippen LogP contribution < -0.4 is 9.62 Å². The van der Waals surface area contributed by atoms with Crippen LogP contribution in [0.4, 0.5) is 5.69 Å². The second-order valence-corrected chi connectivity index (χ2v) is 11.3. The fraction of sp³-hybridized carbons (Fsp3) is 0.333. The fourth-order valence-electron chi connectivity index (χ4n) is 4.17. The standard InChI is InChI=1S/C30H37N3O4S/c1-5-31-30(35)24(4)32(21-20-25-12-8-6-9-13-25)29(34)22-33(27-18-16-26(17-19-27)23(2)3)38(36,37)28-14-10-7-11-15-28/h6-19,23-24H,5,20-22H2,1-4H3,(H,31,35)/t24-/m0/s1. The molecule has 0 heterocycles. The Morgan fingerprint density at radius 2 is 1.42 bits per heavy atom. The Bertz CT molecular complexity index is 1290. The Morgan fingerprint density at radius 1 is 0.842 bits per heavy atom. The van der Waals surface area contributed by atoms with Crippen molar-refractivity contribution in [3.8, 4) is 0 Å². The second-order valence-electron chi connectivity index (χ2n) is 9.46. The molecule has 0 saturated carbocycles. The summed E-state index contributed by atoms with van der Waals surface area (Å²) in [5, 5.41) is 2.77. The van der Waals surface area contributed by atoms with E-state index in [1.54, 1.807) is 37.3 Å². The first-order valence-electron chi connectivity index (χ1n) is 12.9. The predicted molar refractivity (Wildman–Crippen MR) is 152 cm³/mol. The average Bonchev–Trinajstić information content (AvgIpc) is 2.93. The van der Waals surface area contributed by atoms with Gasteiger partial charge in [0.15, 0.2) is 0 Å². The molecule has 7 nitrogen and oxygen atoms in total. The lowest BCUT2D eigenvalue weighted by atomic mass is 10.0. The summed E-state index contributed by atoms with van der Waals surface area (Å²) in [6, 6.07) is 24.2. The van der Waals surface area contributed by atoms with E-state index in [9.17, 15) is 18.0 Å². The number of likely N-dealkylation sites (N-methyl/N-ethyl adjacent to an activating group) is 1. The molecular formula is C30H37N3O4S. The molecule has 0 bridgehead atoms. The number of amides is 2. The van der Waals surface area contributed by atoms with E-state index in [0.717, 1.165) is 15.4 Å². The van der Waals surface area contributed by atoms with Crippen LogP contribution in [0.2, 0.25) is 0 Å². The maximum Gasteiger partial charge on any atom is 0.264 e. The molecule has 0 fully saturated rings. The highest BCUT2D eigenvalue weighted by atomic mass is 32.2. The Balaban J connectivity index is 1.97. The third kappa shape index (κ3) is 7.22. The van der Waals surface area contributed by atoms with Gasteiger partial charge < -0.3 is 10.2 Å². The monoisotopic (exact) mass is 535 g/mol. The number of nitrogens with one attached hydrogen (secondary N) is 1. The molecular weight excluding hydrogens is 498 g/mol. The lowest BCUT2D eigenvalue weighted by Gasteiger charge is -2.32. The number of sulfonamides is 1. The van der Waals surface area contributed by atoms with Crippen LogP contribution in [0.3, 0.4) is 0 Å². The minimum Gasteiger partial charge on any atom is -0.355 e. The topological polar surface area (TPSA) is 86.8 Å². The number of hydrogen-bond donors (Lipinski definition) is 1. The molecule has 0 aromatic heterocycles. The third-order valence-electron chi connectivity index (χ3n) is 6.46. The summed E-state index contributed by atoms with van der Waals surface area (Å²) in [5.74, 6) is -0.462. The van der Waals surface area contributed by atoms with Gasteiger partial charge in [-0.15, -0.1) is 0 Å². The highest BCUT2D eigenvalue weighted by Crippen LogP contribution is 2.26. The first-order chi connectivity index (χ1) is 18.1. The van der Waals surface area contributed by atoms with Gasteiger partial charge in [0.25, 0.3) is 10.0 Å². The fourth-order valence-corrected chi connectivity index (χ4v) is 5.60. The van der Waals surface area contributed by atoms with Crippen LogP contribution in [0.5, 0.6) is 0 Å². The van der Waals surface area contributed by atoms with Gasteiger partial charge in [0.2, 0.25) is 11.8 Å². The summed E-state index contributed by atoms with van der Waals surface area (Å²) < 4.78 is 28.7. The molecule has 0 spiro atoms. The zero-order chi connectivity index (χ0) is 27.7. The van der Waals surface area contributed by atoms with Crippen LogP contribution in [0.1, 0.15) is 44.7 Å². The largest absolute Gasteiger partial charge is 0.355 e. The Labute approximate surface area is 226 Å². The molecule has 0 aliphatic carbocycles. The van der Waals surface area contributed by atoms with Gasteiger partial charge in [0.05, 0.1) is 10.6 Å². The van der Waals surface area contributed by atoms with Crippen LogP contribution >= 0.6 is 0 Å². The molecule has 0 saturated heterocycles. The molecule has 38 heavy (non-hydrogen) atoms. The molecule has 2 amide bonds. The molecule has 0 aliphatic rings. The number of carbonyl (C=O) groups excluding carboxylic acids is 2. The summed E-state index contributed by atoms with van der Waals surface area (Å²) in [5.41, 5.74) is 2.47. The molecule has 3 rings (SSSR count). The highest BCUT2D eigenvalue weighted by molar-refractivity contribution is 7.92. The van der Waals surface area contributed by atoms with Crippen LogP contribution in [-0.4, -0.2) is 50.8 Å². The van der Waals surface area contributed by atoms with E-state index in [4.69, 9.17) is 0 Å². The van der Waals surface area contributed by atoms with E-state index in [0.29, 0.717) is 18.7 Å². The first kappa shape index (κ1) is 28.9. The van der Waals surface area contributed by atoms with Crippen LogP contribution in [-0.2, 0) is 26.0 Å². The molecule has 0 radical (unpaired) electrons. The lowest BCUT2D eigenvalue weighted by molar-refractivity contribution is -0.138. The number of anilines is 1. The van der Waals surface area contributed by atoms with Gasteiger partial charge in [-0.1, -0.05) is 74.5 Å². The summed E-state index contributed by atoms with van der Waals surface area (Å²) >= 11 is 0. The van der Waals surface area contributed by atoms with E-state index >= 15 is 0 Å². The highest BCUT2D eigenvalue weighted by Gasteiger charge is 2.32. The van der Waals surface area contributed by atoms with Gasteiger partial charge in [-0.3, -0.25) is 13.9 Å². The molecule has 1 N–H and O–H groups in total. The first-order valence-corrected chi connectivity index (χ1v) is 14.4. The summed E-state index contributed by atoms with van der Waals surface area (Å²) in [6.07, 6.45) is 0.533. The number of nitrogens with zero attached hydrogens (tertiary/aromatic N) is 2. The average molecular weight is 536 g/mol. The van der Waals surface area contributed by atoms with Crippen molar-refractivity contribution in [2.75, 3.05) is 23.9 Å². The van der Waals surface area contributed by atoms with Crippen LogP contribution in [0.25, 0.3) is 0 Å². The Kier molecular flexibility index (Phi) is 10.1. The summed E-state index contributed by atoms with van der Waals surface area (Å²) in [4.78, 5) is 28.1. The van der Waals surface area contributed by atoms with Crippen molar-refractivity contribution in [3.05, 3.63) is 96.1 Å². The van der Waals surface area contributed by atoms with E-state index in [1.807, 2.05) is 49.4 Å². The van der Waals surface area contributed by atoms with Gasteiger partial charge >= 0.3 is 0 Å². The number of rotatable bonds is 12. The van der Waals surface area contributed by atoms with Crippen molar-refractivity contribution in [1.82, 2.24) is 10.2 Å². The lowest BCUT2D eigenvalue weighted by Crippen LogP contribution is -2.52. The van der Waals surface area contributed by atoms with Gasteiger partial charge in [-0.25, -0.2) is 8.42 Å². The van der Waals surface area contributed by atoms with Crippen molar-refractivity contribution < 1.29 is 18.0 Å². The van der Waals surface area contributed by atoms with Crippen LogP contribution in [0.15, 0.2) is 89.8 Å². The molecule has 0 unspecified atom stereocenters. The molecule has 202 valence electrons. The molecule has 3 aromatic carbocycles. The van der Waals surface area contributed by atoms with Crippen molar-refractivity contribution in [3.63, 3.8) is 0 Å². The van der Waals surface area contributed by atoms with Crippen molar-refractivity contribution in [2.24, 2.45) is 0 Å². The molecule has 8 heteroatoms. The van der Waals surface area contributed by atoms with E-state index in [2.05, 4.69) is 19.2 Å². The Hall–Kier alpha value is -3.65. The predicted octanol–water partition coefficient (Wildman–Crippen LogP) is 4.60.